The molecule has 0 saturated heterocycles. The Labute approximate surface area is 188 Å². The average Bonchev–Trinajstić information content (AvgIpc) is 2.69. The number of phenolic OH excluding ortho intramolecular Hbond substituents is 3. The van der Waals surface area contributed by atoms with Crippen LogP contribution in [0.25, 0.3) is 21.5 Å². The van der Waals surface area contributed by atoms with E-state index in [-0.39, 0.29) is 28.1 Å². The van der Waals surface area contributed by atoms with Crippen LogP contribution in [0.4, 0.5) is 0 Å². The molecule has 166 valence electrons. The van der Waals surface area contributed by atoms with Crippen LogP contribution in [-0.4, -0.2) is 15.3 Å². The summed E-state index contributed by atoms with van der Waals surface area (Å²) >= 11 is 0. The molecule has 0 aliphatic heterocycles. The summed E-state index contributed by atoms with van der Waals surface area (Å²) in [4.78, 5) is 0. The Bertz CT molecular complexity index is 1340. The number of ether oxygens (including phenoxy) is 1. The predicted molar refractivity (Wildman–Crippen MR) is 130 cm³/mol. The summed E-state index contributed by atoms with van der Waals surface area (Å²) in [6.07, 6.45) is 0. The molecule has 32 heavy (non-hydrogen) atoms. The van der Waals surface area contributed by atoms with Crippen LogP contribution in [0.3, 0.4) is 0 Å². The van der Waals surface area contributed by atoms with Gasteiger partial charge >= 0.3 is 0 Å². The lowest BCUT2D eigenvalue weighted by Gasteiger charge is -2.23. The zero-order valence-corrected chi connectivity index (χ0v) is 19.4. The molecule has 0 aliphatic rings. The molecule has 0 fully saturated rings. The summed E-state index contributed by atoms with van der Waals surface area (Å²) in [6.45, 7) is 12.7. The molecule has 0 saturated carbocycles. The van der Waals surface area contributed by atoms with Crippen LogP contribution < -0.4 is 4.74 Å². The molecule has 0 amide bonds. The van der Waals surface area contributed by atoms with Gasteiger partial charge in [-0.3, -0.25) is 0 Å². The molecule has 4 nitrogen and oxygen atoms in total. The summed E-state index contributed by atoms with van der Waals surface area (Å²) in [5.41, 5.74) is 1.85. The first-order valence-electron chi connectivity index (χ1n) is 10.8. The van der Waals surface area contributed by atoms with E-state index in [0.29, 0.717) is 11.5 Å². The fourth-order valence-electron chi connectivity index (χ4n) is 4.23. The second-order valence-corrected chi connectivity index (χ2v) is 10.4. The first-order chi connectivity index (χ1) is 14.9. The fraction of sp³-hybridized carbons (Fsp3) is 0.286. The number of rotatable bonds is 2. The highest BCUT2D eigenvalue weighted by Gasteiger charge is 2.22. The van der Waals surface area contributed by atoms with E-state index in [1.165, 1.54) is 6.07 Å². The van der Waals surface area contributed by atoms with Crippen molar-refractivity contribution in [2.75, 3.05) is 0 Å². The minimum absolute atomic E-state index is 0.0537. The maximum Gasteiger partial charge on any atom is 0.169 e. The summed E-state index contributed by atoms with van der Waals surface area (Å²) < 4.78 is 6.16. The summed E-state index contributed by atoms with van der Waals surface area (Å²) in [5, 5.41) is 34.4. The van der Waals surface area contributed by atoms with Gasteiger partial charge in [0.2, 0.25) is 0 Å². The first kappa shape index (κ1) is 21.8. The number of phenols is 3. The summed E-state index contributed by atoms with van der Waals surface area (Å²) in [6, 6.07) is 16.6. The number of aromatic hydroxyl groups is 3. The van der Waals surface area contributed by atoms with Gasteiger partial charge in [0.1, 0.15) is 5.75 Å². The van der Waals surface area contributed by atoms with Crippen LogP contribution in [0.15, 0.2) is 54.6 Å². The zero-order chi connectivity index (χ0) is 23.4. The Morgan fingerprint density at radius 2 is 1.28 bits per heavy atom. The van der Waals surface area contributed by atoms with Crippen LogP contribution >= 0.6 is 0 Å². The highest BCUT2D eigenvalue weighted by atomic mass is 16.5. The third kappa shape index (κ3) is 3.81. The van der Waals surface area contributed by atoms with E-state index in [0.717, 1.165) is 32.7 Å². The van der Waals surface area contributed by atoms with Gasteiger partial charge in [-0.25, -0.2) is 0 Å². The van der Waals surface area contributed by atoms with Crippen molar-refractivity contribution in [3.63, 3.8) is 0 Å². The van der Waals surface area contributed by atoms with Gasteiger partial charge < -0.3 is 20.1 Å². The van der Waals surface area contributed by atoms with E-state index >= 15 is 0 Å². The maximum atomic E-state index is 11.0. The van der Waals surface area contributed by atoms with Crippen molar-refractivity contribution in [3.8, 4) is 28.7 Å². The Hall–Kier alpha value is -3.40. The van der Waals surface area contributed by atoms with Gasteiger partial charge in [0.05, 0.1) is 0 Å². The van der Waals surface area contributed by atoms with E-state index in [4.69, 9.17) is 4.74 Å². The third-order valence-corrected chi connectivity index (χ3v) is 5.86. The lowest BCUT2D eigenvalue weighted by Crippen LogP contribution is -2.12. The molecule has 4 heteroatoms. The number of hydrogen-bond donors (Lipinski definition) is 3. The van der Waals surface area contributed by atoms with Crippen LogP contribution in [0.1, 0.15) is 52.7 Å². The Morgan fingerprint density at radius 3 is 1.94 bits per heavy atom. The summed E-state index contributed by atoms with van der Waals surface area (Å²) in [7, 11) is 0. The molecule has 4 aromatic carbocycles. The van der Waals surface area contributed by atoms with Crippen LogP contribution in [-0.2, 0) is 10.8 Å². The molecule has 3 N–H and O–H groups in total. The number of hydrogen-bond acceptors (Lipinski definition) is 4. The third-order valence-electron chi connectivity index (χ3n) is 5.86. The molecule has 0 aliphatic carbocycles. The van der Waals surface area contributed by atoms with Crippen molar-refractivity contribution in [3.05, 3.63) is 65.7 Å². The van der Waals surface area contributed by atoms with Gasteiger partial charge in [0.25, 0.3) is 0 Å². The Morgan fingerprint density at radius 1 is 0.625 bits per heavy atom. The average molecular weight is 431 g/mol. The van der Waals surface area contributed by atoms with Gasteiger partial charge in [0.15, 0.2) is 23.0 Å². The van der Waals surface area contributed by atoms with Crippen LogP contribution in [0.2, 0.25) is 0 Å². The summed E-state index contributed by atoms with van der Waals surface area (Å²) in [5.74, 6) is 0.677. The molecule has 0 heterocycles. The van der Waals surface area contributed by atoms with Gasteiger partial charge in [-0.05, 0) is 68.4 Å². The quantitative estimate of drug-likeness (QED) is 0.288. The molecule has 0 radical (unpaired) electrons. The van der Waals surface area contributed by atoms with E-state index in [9.17, 15) is 15.3 Å². The highest BCUT2D eigenvalue weighted by Crippen LogP contribution is 2.43. The van der Waals surface area contributed by atoms with Crippen molar-refractivity contribution < 1.29 is 20.1 Å². The predicted octanol–water partition coefficient (Wildman–Crippen LogP) is 7.50. The van der Waals surface area contributed by atoms with Gasteiger partial charge in [-0.2, -0.15) is 0 Å². The Balaban J connectivity index is 1.86. The van der Waals surface area contributed by atoms with Crippen molar-refractivity contribution >= 4 is 21.5 Å². The lowest BCUT2D eigenvalue weighted by atomic mass is 9.83. The Kier molecular flexibility index (Phi) is 5.00. The second kappa shape index (κ2) is 7.33. The van der Waals surface area contributed by atoms with E-state index in [2.05, 4.69) is 47.6 Å². The molecule has 0 unspecified atom stereocenters. The number of benzene rings is 4. The largest absolute Gasteiger partial charge is 0.504 e. The molecule has 4 rings (SSSR count). The van der Waals surface area contributed by atoms with Gasteiger partial charge in [-0.1, -0.05) is 65.8 Å². The molecule has 0 spiro atoms. The minimum Gasteiger partial charge on any atom is -0.504 e. The molecule has 0 aromatic heterocycles. The highest BCUT2D eigenvalue weighted by molar-refractivity contribution is 5.94. The smallest absolute Gasteiger partial charge is 0.169 e. The second-order valence-electron chi connectivity index (χ2n) is 10.4. The normalized spacial score (nSPS) is 12.4. The SMILES string of the molecule is CC(C)(C)c1cc(Oc2ccc3c(C(C)(C)C)cccc3c2O)cc2cc(O)c(O)cc12. The number of fused-ring (bicyclic) bond motifs is 2. The standard InChI is InChI=1S/C28H30O4/c1-27(2,3)21-9-7-8-19-18(21)10-11-25(26(19)31)32-17-12-16-13-23(29)24(30)15-20(16)22(14-17)28(4,5)6/h7-15,29-31H,1-6H3. The van der Waals surface area contributed by atoms with Gasteiger partial charge in [0, 0.05) is 5.39 Å². The van der Waals surface area contributed by atoms with Crippen LogP contribution in [0.5, 0.6) is 28.7 Å². The first-order valence-corrected chi connectivity index (χ1v) is 10.8. The monoisotopic (exact) mass is 430 g/mol. The van der Waals surface area contributed by atoms with E-state index in [1.54, 1.807) is 18.2 Å². The van der Waals surface area contributed by atoms with Crippen molar-refractivity contribution in [1.29, 1.82) is 0 Å². The molecular formula is C28H30O4. The molecule has 4 aromatic rings. The van der Waals surface area contributed by atoms with Crippen LogP contribution in [0, 0.1) is 0 Å². The van der Waals surface area contributed by atoms with Gasteiger partial charge in [-0.15, -0.1) is 0 Å². The van der Waals surface area contributed by atoms with Crippen molar-refractivity contribution in [2.24, 2.45) is 0 Å². The van der Waals surface area contributed by atoms with Crippen molar-refractivity contribution in [1.82, 2.24) is 0 Å². The van der Waals surface area contributed by atoms with E-state index in [1.807, 2.05) is 24.3 Å². The zero-order valence-electron chi connectivity index (χ0n) is 19.4. The molecular weight excluding hydrogens is 400 g/mol. The fourth-order valence-corrected chi connectivity index (χ4v) is 4.23. The lowest BCUT2D eigenvalue weighted by molar-refractivity contribution is 0.404. The minimum atomic E-state index is -0.228. The maximum absolute atomic E-state index is 11.0. The van der Waals surface area contributed by atoms with Crippen molar-refractivity contribution in [2.45, 2.75) is 52.4 Å². The molecule has 0 atom stereocenters. The topological polar surface area (TPSA) is 69.9 Å². The molecule has 0 bridgehead atoms. The van der Waals surface area contributed by atoms with E-state index < -0.39 is 0 Å².